The SMILES string of the molecule is C=C(C(=O)O)C1CCC2(C)CCC=C(C)C2(O)C1. The lowest BCUT2D eigenvalue weighted by molar-refractivity contribution is -0.135. The largest absolute Gasteiger partial charge is 0.478 e. The normalized spacial score (nSPS) is 39.7. The number of rotatable bonds is 2. The molecule has 1 fully saturated rings. The summed E-state index contributed by atoms with van der Waals surface area (Å²) in [6, 6.07) is 0. The van der Waals surface area contributed by atoms with Crippen molar-refractivity contribution in [2.45, 2.75) is 51.6 Å². The summed E-state index contributed by atoms with van der Waals surface area (Å²) in [5, 5.41) is 20.1. The van der Waals surface area contributed by atoms with Crippen LogP contribution in [0.4, 0.5) is 0 Å². The molecular weight excluding hydrogens is 228 g/mol. The minimum atomic E-state index is -0.940. The number of hydrogen-bond acceptors (Lipinski definition) is 2. The van der Waals surface area contributed by atoms with E-state index in [9.17, 15) is 9.90 Å². The molecule has 0 radical (unpaired) electrons. The minimum Gasteiger partial charge on any atom is -0.478 e. The van der Waals surface area contributed by atoms with Gasteiger partial charge in [-0.05, 0) is 50.5 Å². The zero-order valence-electron chi connectivity index (χ0n) is 11.2. The molecular formula is C15H22O3. The quantitative estimate of drug-likeness (QED) is 0.585. The second-order valence-electron chi connectivity index (χ2n) is 6.12. The Morgan fingerprint density at radius 1 is 1.50 bits per heavy atom. The van der Waals surface area contributed by atoms with Crippen LogP contribution in [0.3, 0.4) is 0 Å². The summed E-state index contributed by atoms with van der Waals surface area (Å²) in [5.74, 6) is -1.05. The Kier molecular flexibility index (Phi) is 3.14. The summed E-state index contributed by atoms with van der Waals surface area (Å²) >= 11 is 0. The van der Waals surface area contributed by atoms with Gasteiger partial charge in [-0.25, -0.2) is 4.79 Å². The molecule has 0 aromatic rings. The maximum atomic E-state index is 11.0. The van der Waals surface area contributed by atoms with E-state index in [1.54, 1.807) is 0 Å². The third-order valence-electron chi connectivity index (χ3n) is 5.15. The van der Waals surface area contributed by atoms with E-state index < -0.39 is 11.6 Å². The van der Waals surface area contributed by atoms with E-state index in [1.807, 2.05) is 6.92 Å². The van der Waals surface area contributed by atoms with Gasteiger partial charge >= 0.3 is 5.97 Å². The van der Waals surface area contributed by atoms with Gasteiger partial charge in [0, 0.05) is 11.0 Å². The van der Waals surface area contributed by atoms with Crippen LogP contribution in [0.2, 0.25) is 0 Å². The number of aliphatic hydroxyl groups is 1. The van der Waals surface area contributed by atoms with Crippen LogP contribution in [0.1, 0.15) is 46.0 Å². The van der Waals surface area contributed by atoms with Crippen LogP contribution in [0.15, 0.2) is 23.8 Å². The molecule has 0 heterocycles. The van der Waals surface area contributed by atoms with Crippen molar-refractivity contribution in [1.29, 1.82) is 0 Å². The Morgan fingerprint density at radius 2 is 2.17 bits per heavy atom. The summed E-state index contributed by atoms with van der Waals surface area (Å²) in [5.41, 5.74) is 0.274. The molecule has 2 rings (SSSR count). The molecule has 2 aliphatic carbocycles. The van der Waals surface area contributed by atoms with E-state index in [0.29, 0.717) is 6.42 Å². The second kappa shape index (κ2) is 4.23. The Hall–Kier alpha value is -1.09. The lowest BCUT2D eigenvalue weighted by atomic mass is 9.54. The van der Waals surface area contributed by atoms with Crippen molar-refractivity contribution in [3.8, 4) is 0 Å². The Morgan fingerprint density at radius 3 is 2.78 bits per heavy atom. The van der Waals surface area contributed by atoms with E-state index in [2.05, 4.69) is 19.6 Å². The average Bonchev–Trinajstić information content (AvgIpc) is 2.30. The first-order valence-electron chi connectivity index (χ1n) is 6.62. The molecule has 3 heteroatoms. The van der Waals surface area contributed by atoms with E-state index in [1.165, 1.54) is 0 Å². The van der Waals surface area contributed by atoms with Crippen LogP contribution in [-0.4, -0.2) is 21.8 Å². The highest BCUT2D eigenvalue weighted by Gasteiger charge is 2.53. The van der Waals surface area contributed by atoms with Crippen LogP contribution in [-0.2, 0) is 4.79 Å². The molecule has 2 aliphatic rings. The maximum Gasteiger partial charge on any atom is 0.331 e. The third kappa shape index (κ3) is 1.81. The van der Waals surface area contributed by atoms with Crippen LogP contribution in [0.25, 0.3) is 0 Å². The summed E-state index contributed by atoms with van der Waals surface area (Å²) in [4.78, 5) is 11.0. The number of aliphatic carboxylic acids is 1. The Labute approximate surface area is 108 Å². The molecule has 0 bridgehead atoms. The minimum absolute atomic E-state index is 0.109. The summed E-state index contributed by atoms with van der Waals surface area (Å²) in [6.07, 6.45) is 6.26. The molecule has 18 heavy (non-hydrogen) atoms. The van der Waals surface area contributed by atoms with Gasteiger partial charge in [-0.2, -0.15) is 0 Å². The first kappa shape index (κ1) is 13.3. The molecule has 0 spiro atoms. The highest BCUT2D eigenvalue weighted by molar-refractivity contribution is 5.86. The van der Waals surface area contributed by atoms with E-state index >= 15 is 0 Å². The topological polar surface area (TPSA) is 57.5 Å². The number of carbonyl (C=O) groups is 1. The van der Waals surface area contributed by atoms with Crippen molar-refractivity contribution < 1.29 is 15.0 Å². The molecule has 3 unspecified atom stereocenters. The Balaban J connectivity index is 2.29. The molecule has 0 aromatic heterocycles. The lowest BCUT2D eigenvalue weighted by Gasteiger charge is -2.54. The van der Waals surface area contributed by atoms with Gasteiger partial charge < -0.3 is 10.2 Å². The highest BCUT2D eigenvalue weighted by atomic mass is 16.4. The van der Waals surface area contributed by atoms with Gasteiger partial charge in [0.05, 0.1) is 5.60 Å². The first-order chi connectivity index (χ1) is 8.30. The number of fused-ring (bicyclic) bond motifs is 1. The zero-order valence-corrected chi connectivity index (χ0v) is 11.2. The molecule has 3 atom stereocenters. The van der Waals surface area contributed by atoms with E-state index in [0.717, 1.165) is 31.3 Å². The average molecular weight is 250 g/mol. The predicted octanol–water partition coefficient (Wildman–Crippen LogP) is 2.90. The molecule has 0 amide bonds. The van der Waals surface area contributed by atoms with Crippen molar-refractivity contribution in [3.63, 3.8) is 0 Å². The number of hydrogen-bond donors (Lipinski definition) is 2. The van der Waals surface area contributed by atoms with Crippen molar-refractivity contribution >= 4 is 5.97 Å². The third-order valence-corrected chi connectivity index (χ3v) is 5.15. The van der Waals surface area contributed by atoms with Crippen molar-refractivity contribution in [1.82, 2.24) is 0 Å². The molecule has 0 saturated heterocycles. The smallest absolute Gasteiger partial charge is 0.331 e. The fraction of sp³-hybridized carbons (Fsp3) is 0.667. The van der Waals surface area contributed by atoms with Crippen LogP contribution in [0, 0.1) is 11.3 Å². The standard InChI is InChI=1S/C15H22O3/c1-10-5-4-7-14(3)8-6-12(9-15(10,14)18)11(2)13(16)17/h5,12,18H,2,4,6-9H2,1,3H3,(H,16,17). The van der Waals surface area contributed by atoms with Gasteiger partial charge in [0.15, 0.2) is 0 Å². The zero-order chi connectivity index (χ0) is 13.6. The lowest BCUT2D eigenvalue weighted by Crippen LogP contribution is -2.53. The summed E-state index contributed by atoms with van der Waals surface area (Å²) < 4.78 is 0. The second-order valence-corrected chi connectivity index (χ2v) is 6.12. The van der Waals surface area contributed by atoms with Gasteiger partial charge in [-0.15, -0.1) is 0 Å². The highest BCUT2D eigenvalue weighted by Crippen LogP contribution is 2.55. The number of carboxylic acid groups (broad SMARTS) is 1. The molecule has 0 aliphatic heterocycles. The predicted molar refractivity (Wildman–Crippen MR) is 70.2 cm³/mol. The van der Waals surface area contributed by atoms with Crippen LogP contribution in [0.5, 0.6) is 0 Å². The summed E-state index contributed by atoms with van der Waals surface area (Å²) in [7, 11) is 0. The molecule has 0 aromatic carbocycles. The first-order valence-corrected chi connectivity index (χ1v) is 6.62. The van der Waals surface area contributed by atoms with Gasteiger partial charge in [0.2, 0.25) is 0 Å². The fourth-order valence-electron chi connectivity index (χ4n) is 3.62. The van der Waals surface area contributed by atoms with E-state index in [4.69, 9.17) is 5.11 Å². The molecule has 3 nitrogen and oxygen atoms in total. The van der Waals surface area contributed by atoms with Crippen LogP contribution >= 0.6 is 0 Å². The van der Waals surface area contributed by atoms with E-state index in [-0.39, 0.29) is 16.9 Å². The molecule has 1 saturated carbocycles. The molecule has 100 valence electrons. The fourth-order valence-corrected chi connectivity index (χ4v) is 3.62. The van der Waals surface area contributed by atoms with Gasteiger partial charge in [-0.3, -0.25) is 0 Å². The number of allylic oxidation sites excluding steroid dienone is 1. The van der Waals surface area contributed by atoms with Gasteiger partial charge in [-0.1, -0.05) is 19.6 Å². The van der Waals surface area contributed by atoms with Crippen LogP contribution < -0.4 is 0 Å². The number of carboxylic acids is 1. The van der Waals surface area contributed by atoms with Crippen molar-refractivity contribution in [2.24, 2.45) is 11.3 Å². The monoisotopic (exact) mass is 250 g/mol. The van der Waals surface area contributed by atoms with Crippen molar-refractivity contribution in [3.05, 3.63) is 23.8 Å². The van der Waals surface area contributed by atoms with Gasteiger partial charge in [0.25, 0.3) is 0 Å². The maximum absolute atomic E-state index is 11.0. The summed E-state index contributed by atoms with van der Waals surface area (Å²) in [6.45, 7) is 7.75. The molecule has 2 N–H and O–H groups in total. The van der Waals surface area contributed by atoms with Crippen molar-refractivity contribution in [2.75, 3.05) is 0 Å². The Bertz CT molecular complexity index is 423. The van der Waals surface area contributed by atoms with Gasteiger partial charge in [0.1, 0.15) is 0 Å².